The van der Waals surface area contributed by atoms with Gasteiger partial charge in [0, 0.05) is 5.92 Å². The fourth-order valence-electron chi connectivity index (χ4n) is 3.50. The van der Waals surface area contributed by atoms with Crippen LogP contribution in [0.25, 0.3) is 0 Å². The molecule has 0 aromatic heterocycles. The van der Waals surface area contributed by atoms with Crippen molar-refractivity contribution in [1.82, 2.24) is 0 Å². The summed E-state index contributed by atoms with van der Waals surface area (Å²) < 4.78 is 0.00808. The summed E-state index contributed by atoms with van der Waals surface area (Å²) in [6, 6.07) is 0. The predicted octanol–water partition coefficient (Wildman–Crippen LogP) is 6.54. The van der Waals surface area contributed by atoms with E-state index >= 15 is 0 Å². The zero-order valence-corrected chi connectivity index (χ0v) is 16.5. The van der Waals surface area contributed by atoms with Gasteiger partial charge in [0.15, 0.2) is 0 Å². The van der Waals surface area contributed by atoms with Crippen LogP contribution in [0.1, 0.15) is 62.3 Å². The van der Waals surface area contributed by atoms with Crippen molar-refractivity contribution < 1.29 is 0 Å². The molecule has 0 N–H and O–H groups in total. The number of rotatable bonds is 0. The first-order valence-corrected chi connectivity index (χ1v) is 8.33. The van der Waals surface area contributed by atoms with Crippen LogP contribution in [-0.2, 0) is 0 Å². The number of hydrogen-bond donors (Lipinski definition) is 0. The molecule has 0 aromatic rings. The van der Waals surface area contributed by atoms with E-state index in [1.54, 1.807) is 11.1 Å². The lowest BCUT2D eigenvalue weighted by Gasteiger charge is -2.35. The second kappa shape index (κ2) is 4.35. The molecule has 0 heterocycles. The zero-order valence-electron chi connectivity index (χ0n) is 13.3. The standard InChI is InChI=1S/C16H28Br2/c1-13(2,3)11(14(4,5)6)10-12(15(7,8)9)16(10,17)18/h12H,1-9H3. The molecule has 0 spiro atoms. The summed E-state index contributed by atoms with van der Waals surface area (Å²) in [5, 5.41) is 0. The van der Waals surface area contributed by atoms with Crippen LogP contribution in [0.4, 0.5) is 0 Å². The maximum absolute atomic E-state index is 3.90. The van der Waals surface area contributed by atoms with Crippen molar-refractivity contribution in [1.29, 1.82) is 0 Å². The molecule has 1 aliphatic rings. The molecular formula is C16H28Br2. The van der Waals surface area contributed by atoms with Crippen molar-refractivity contribution in [3.63, 3.8) is 0 Å². The molecule has 1 fully saturated rings. The number of halogens is 2. The van der Waals surface area contributed by atoms with Gasteiger partial charge in [0.05, 0.1) is 0 Å². The molecule has 0 radical (unpaired) electrons. The summed E-state index contributed by atoms with van der Waals surface area (Å²) in [5.41, 5.74) is 3.85. The Bertz CT molecular complexity index is 351. The van der Waals surface area contributed by atoms with Crippen LogP contribution >= 0.6 is 31.9 Å². The van der Waals surface area contributed by atoms with Gasteiger partial charge in [-0.3, -0.25) is 0 Å². The summed E-state index contributed by atoms with van der Waals surface area (Å²) in [5.74, 6) is 0.568. The van der Waals surface area contributed by atoms with E-state index in [0.717, 1.165) is 0 Å². The molecule has 0 nitrogen and oxygen atoms in total. The average molecular weight is 380 g/mol. The highest BCUT2D eigenvalue weighted by Crippen LogP contribution is 2.71. The molecule has 0 aromatic carbocycles. The number of hydrogen-bond acceptors (Lipinski definition) is 0. The van der Waals surface area contributed by atoms with Crippen LogP contribution in [0.3, 0.4) is 0 Å². The normalized spacial score (nSPS) is 24.2. The highest BCUT2D eigenvalue weighted by Gasteiger charge is 2.64. The molecule has 106 valence electrons. The second-order valence-electron chi connectivity index (χ2n) is 8.71. The largest absolute Gasteiger partial charge is 0.109 e. The minimum absolute atomic E-state index is 0.00808. The lowest BCUT2D eigenvalue weighted by atomic mass is 9.70. The zero-order chi connectivity index (χ0) is 14.7. The summed E-state index contributed by atoms with van der Waals surface area (Å²) in [6.07, 6.45) is 0. The Balaban J connectivity index is 3.43. The van der Waals surface area contributed by atoms with E-state index < -0.39 is 0 Å². The van der Waals surface area contributed by atoms with E-state index in [2.05, 4.69) is 94.2 Å². The smallest absolute Gasteiger partial charge is 0.0671 e. The summed E-state index contributed by atoms with van der Waals surface area (Å²) in [4.78, 5) is 0. The second-order valence-corrected chi connectivity index (χ2v) is 12.3. The maximum Gasteiger partial charge on any atom is 0.109 e. The minimum atomic E-state index is 0.00808. The number of allylic oxidation sites excluding steroid dienone is 2. The maximum atomic E-state index is 3.90. The van der Waals surface area contributed by atoms with Gasteiger partial charge >= 0.3 is 0 Å². The fraction of sp³-hybridized carbons (Fsp3) is 0.875. The molecule has 0 aliphatic heterocycles. The third-order valence-corrected chi connectivity index (χ3v) is 5.33. The first kappa shape index (κ1) is 16.8. The van der Waals surface area contributed by atoms with Crippen LogP contribution in [0.15, 0.2) is 11.1 Å². The van der Waals surface area contributed by atoms with Crippen LogP contribution in [0.2, 0.25) is 0 Å². The molecule has 0 bridgehead atoms. The molecule has 0 saturated heterocycles. The van der Waals surface area contributed by atoms with E-state index in [-0.39, 0.29) is 19.5 Å². The summed E-state index contributed by atoms with van der Waals surface area (Å²) in [6.45, 7) is 20.9. The van der Waals surface area contributed by atoms with Crippen molar-refractivity contribution in [3.05, 3.63) is 11.1 Å². The van der Waals surface area contributed by atoms with Crippen molar-refractivity contribution >= 4 is 31.9 Å². The first-order chi connectivity index (χ1) is 7.61. The molecule has 2 heteroatoms. The highest BCUT2D eigenvalue weighted by atomic mass is 79.9. The molecule has 0 amide bonds. The van der Waals surface area contributed by atoms with E-state index in [1.807, 2.05) is 0 Å². The number of alkyl halides is 2. The van der Waals surface area contributed by atoms with Gasteiger partial charge < -0.3 is 0 Å². The minimum Gasteiger partial charge on any atom is -0.0671 e. The van der Waals surface area contributed by atoms with Gasteiger partial charge in [0.2, 0.25) is 0 Å². The molecule has 1 saturated carbocycles. The molecule has 18 heavy (non-hydrogen) atoms. The Labute approximate surface area is 130 Å². The first-order valence-electron chi connectivity index (χ1n) is 6.74. The Kier molecular flexibility index (Phi) is 4.05. The van der Waals surface area contributed by atoms with Gasteiger partial charge in [0.1, 0.15) is 3.23 Å². The highest BCUT2D eigenvalue weighted by molar-refractivity contribution is 9.25. The van der Waals surface area contributed by atoms with Crippen molar-refractivity contribution in [2.24, 2.45) is 22.2 Å². The van der Waals surface area contributed by atoms with E-state index in [1.165, 1.54) is 0 Å². The van der Waals surface area contributed by atoms with Gasteiger partial charge in [-0.05, 0) is 21.8 Å². The molecular weight excluding hydrogens is 352 g/mol. The quantitative estimate of drug-likeness (QED) is 0.331. The Hall–Kier alpha value is 0.700. The van der Waals surface area contributed by atoms with Crippen molar-refractivity contribution in [3.8, 4) is 0 Å². The van der Waals surface area contributed by atoms with Gasteiger partial charge in [-0.15, -0.1) is 0 Å². The van der Waals surface area contributed by atoms with Crippen molar-refractivity contribution in [2.45, 2.75) is 65.5 Å². The van der Waals surface area contributed by atoms with E-state index in [9.17, 15) is 0 Å². The van der Waals surface area contributed by atoms with E-state index in [4.69, 9.17) is 0 Å². The predicted molar refractivity (Wildman–Crippen MR) is 89.5 cm³/mol. The van der Waals surface area contributed by atoms with Crippen LogP contribution in [0, 0.1) is 22.2 Å². The molecule has 1 aliphatic carbocycles. The molecule has 1 atom stereocenters. The SMILES string of the molecule is CC(C)(C)C(=C1C(C(C)(C)C)C1(Br)Br)C(C)(C)C. The lowest BCUT2D eigenvalue weighted by Crippen LogP contribution is -2.23. The third kappa shape index (κ3) is 3.06. The third-order valence-electron chi connectivity index (χ3n) is 3.56. The summed E-state index contributed by atoms with van der Waals surface area (Å²) >= 11 is 7.80. The van der Waals surface area contributed by atoms with Gasteiger partial charge in [-0.25, -0.2) is 0 Å². The van der Waals surface area contributed by atoms with Crippen LogP contribution in [0.5, 0.6) is 0 Å². The van der Waals surface area contributed by atoms with Crippen molar-refractivity contribution in [2.75, 3.05) is 0 Å². The van der Waals surface area contributed by atoms with E-state index in [0.29, 0.717) is 5.92 Å². The Morgan fingerprint density at radius 2 is 1.17 bits per heavy atom. The van der Waals surface area contributed by atoms with Crippen LogP contribution in [-0.4, -0.2) is 3.23 Å². The molecule has 1 rings (SSSR count). The Morgan fingerprint density at radius 1 is 0.833 bits per heavy atom. The molecule has 1 unspecified atom stereocenters. The Morgan fingerprint density at radius 3 is 1.33 bits per heavy atom. The summed E-state index contributed by atoms with van der Waals surface area (Å²) in [7, 11) is 0. The van der Waals surface area contributed by atoms with Gasteiger partial charge in [-0.2, -0.15) is 0 Å². The topological polar surface area (TPSA) is 0 Å². The average Bonchev–Trinajstić information content (AvgIpc) is 2.44. The fourth-order valence-corrected chi connectivity index (χ4v) is 5.96. The monoisotopic (exact) mass is 378 g/mol. The van der Waals surface area contributed by atoms with Gasteiger partial charge in [0.25, 0.3) is 0 Å². The lowest BCUT2D eigenvalue weighted by molar-refractivity contribution is 0.340. The van der Waals surface area contributed by atoms with Gasteiger partial charge in [-0.1, -0.05) is 99.7 Å². The van der Waals surface area contributed by atoms with Crippen LogP contribution < -0.4 is 0 Å².